The van der Waals surface area contributed by atoms with Crippen LogP contribution in [-0.4, -0.2) is 32.7 Å². The molecule has 0 aromatic heterocycles. The van der Waals surface area contributed by atoms with Crippen LogP contribution in [-0.2, 0) is 14.8 Å². The molecule has 0 aliphatic rings. The maximum Gasteiger partial charge on any atom is 0.243 e. The van der Waals surface area contributed by atoms with E-state index in [0.717, 1.165) is 17.0 Å². The summed E-state index contributed by atoms with van der Waals surface area (Å²) in [4.78, 5) is 12.2. The summed E-state index contributed by atoms with van der Waals surface area (Å²) in [7, 11) is -3.61. The summed E-state index contributed by atoms with van der Waals surface area (Å²) >= 11 is 5.91. The van der Waals surface area contributed by atoms with Gasteiger partial charge in [-0.05, 0) is 38.5 Å². The van der Waals surface area contributed by atoms with E-state index in [0.29, 0.717) is 10.7 Å². The molecule has 0 saturated heterocycles. The first-order valence-electron chi connectivity index (χ1n) is 6.72. The van der Waals surface area contributed by atoms with Crippen molar-refractivity contribution < 1.29 is 13.2 Å². The first kappa shape index (κ1) is 17.8. The molecule has 1 aromatic rings. The molecule has 0 bridgehead atoms. The molecule has 2 atom stereocenters. The third-order valence-electron chi connectivity index (χ3n) is 3.15. The van der Waals surface area contributed by atoms with E-state index in [1.807, 2.05) is 13.8 Å². The van der Waals surface area contributed by atoms with Crippen LogP contribution >= 0.6 is 11.6 Å². The van der Waals surface area contributed by atoms with Crippen LogP contribution in [0.1, 0.15) is 27.2 Å². The fourth-order valence-corrected chi connectivity index (χ4v) is 3.24. The molecule has 1 rings (SSSR count). The molecule has 5 nitrogen and oxygen atoms in total. The molecule has 0 unspecified atom stereocenters. The van der Waals surface area contributed by atoms with E-state index in [2.05, 4.69) is 5.32 Å². The maximum atomic E-state index is 12.2. The normalized spacial score (nSPS) is 14.3. The predicted octanol–water partition coefficient (Wildman–Crippen LogP) is 2.41. The summed E-state index contributed by atoms with van der Waals surface area (Å²) in [5.41, 5.74) is 0.372. The first-order chi connectivity index (χ1) is 9.66. The zero-order valence-electron chi connectivity index (χ0n) is 12.6. The molecule has 0 fully saturated rings. The highest BCUT2D eigenvalue weighted by Crippen LogP contribution is 2.24. The van der Waals surface area contributed by atoms with Crippen molar-refractivity contribution in [3.05, 3.63) is 29.3 Å². The highest BCUT2D eigenvalue weighted by Gasteiger charge is 2.29. The third-order valence-corrected chi connectivity index (χ3v) is 4.63. The summed E-state index contributed by atoms with van der Waals surface area (Å²) in [5, 5.41) is 3.20. The Labute approximate surface area is 131 Å². The average molecular weight is 333 g/mol. The van der Waals surface area contributed by atoms with Crippen molar-refractivity contribution in [2.45, 2.75) is 39.3 Å². The zero-order chi connectivity index (χ0) is 16.2. The van der Waals surface area contributed by atoms with Gasteiger partial charge in [0, 0.05) is 11.1 Å². The highest BCUT2D eigenvalue weighted by molar-refractivity contribution is 7.92. The molecule has 1 aromatic carbocycles. The number of carbonyl (C=O) groups excluding carboxylic acids is 1. The average Bonchev–Trinajstić information content (AvgIpc) is 2.36. The molecule has 1 N–H and O–H groups in total. The number of carbonyl (C=O) groups is 1. The number of amides is 1. The van der Waals surface area contributed by atoms with Crippen molar-refractivity contribution in [2.24, 2.45) is 0 Å². The quantitative estimate of drug-likeness (QED) is 0.870. The van der Waals surface area contributed by atoms with Gasteiger partial charge in [-0.25, -0.2) is 8.42 Å². The van der Waals surface area contributed by atoms with Gasteiger partial charge in [0.1, 0.15) is 6.04 Å². The van der Waals surface area contributed by atoms with Gasteiger partial charge in [0.05, 0.1) is 11.9 Å². The number of hydrogen-bond acceptors (Lipinski definition) is 3. The van der Waals surface area contributed by atoms with E-state index in [4.69, 9.17) is 11.6 Å². The van der Waals surface area contributed by atoms with E-state index in [1.165, 1.54) is 6.07 Å². The number of rotatable bonds is 6. The minimum Gasteiger partial charge on any atom is -0.352 e. The van der Waals surface area contributed by atoms with Crippen LogP contribution in [0.3, 0.4) is 0 Å². The molecule has 118 valence electrons. The van der Waals surface area contributed by atoms with E-state index in [1.54, 1.807) is 25.1 Å². The van der Waals surface area contributed by atoms with Crippen molar-refractivity contribution in [1.82, 2.24) is 5.32 Å². The van der Waals surface area contributed by atoms with Crippen molar-refractivity contribution in [3.8, 4) is 0 Å². The highest BCUT2D eigenvalue weighted by atomic mass is 35.5. The molecular weight excluding hydrogens is 312 g/mol. The smallest absolute Gasteiger partial charge is 0.243 e. The van der Waals surface area contributed by atoms with Crippen LogP contribution in [0.15, 0.2) is 24.3 Å². The second-order valence-electron chi connectivity index (χ2n) is 5.03. The molecule has 0 saturated carbocycles. The van der Waals surface area contributed by atoms with Gasteiger partial charge in [-0.2, -0.15) is 0 Å². The standard InChI is InChI=1S/C14H21ClN2O3S/c1-5-10(2)16-14(18)11(3)17(21(4,19)20)13-8-6-7-12(15)9-13/h6-11H,5H2,1-4H3,(H,16,18)/t10-,11-/m0/s1. The number of nitrogens with one attached hydrogen (secondary N) is 1. The Hall–Kier alpha value is -1.27. The van der Waals surface area contributed by atoms with E-state index < -0.39 is 16.1 Å². The Morgan fingerprint density at radius 3 is 2.48 bits per heavy atom. The van der Waals surface area contributed by atoms with Gasteiger partial charge in [0.2, 0.25) is 15.9 Å². The molecule has 0 aliphatic heterocycles. The van der Waals surface area contributed by atoms with Crippen LogP contribution in [0.5, 0.6) is 0 Å². The van der Waals surface area contributed by atoms with E-state index in [9.17, 15) is 13.2 Å². The van der Waals surface area contributed by atoms with Crippen molar-refractivity contribution in [1.29, 1.82) is 0 Å². The lowest BCUT2D eigenvalue weighted by atomic mass is 10.2. The summed E-state index contributed by atoms with van der Waals surface area (Å²) in [5.74, 6) is -0.338. The lowest BCUT2D eigenvalue weighted by Crippen LogP contribution is -2.49. The van der Waals surface area contributed by atoms with Crippen molar-refractivity contribution in [3.63, 3.8) is 0 Å². The summed E-state index contributed by atoms with van der Waals surface area (Å²) in [6, 6.07) is 5.56. The van der Waals surface area contributed by atoms with Gasteiger partial charge >= 0.3 is 0 Å². The largest absolute Gasteiger partial charge is 0.352 e. The maximum absolute atomic E-state index is 12.2. The van der Waals surface area contributed by atoms with Gasteiger partial charge in [-0.3, -0.25) is 9.10 Å². The fraction of sp³-hybridized carbons (Fsp3) is 0.500. The summed E-state index contributed by atoms with van der Waals surface area (Å²) in [6.45, 7) is 5.37. The Bertz CT molecular complexity index is 604. The molecular formula is C14H21ClN2O3S. The second kappa shape index (κ2) is 7.13. The topological polar surface area (TPSA) is 66.5 Å². The second-order valence-corrected chi connectivity index (χ2v) is 7.33. The number of sulfonamides is 1. The zero-order valence-corrected chi connectivity index (χ0v) is 14.2. The number of nitrogens with zero attached hydrogens (tertiary/aromatic N) is 1. The van der Waals surface area contributed by atoms with Crippen molar-refractivity contribution >= 4 is 33.2 Å². The van der Waals surface area contributed by atoms with Crippen LogP contribution < -0.4 is 9.62 Å². The van der Waals surface area contributed by atoms with E-state index in [-0.39, 0.29) is 11.9 Å². The number of hydrogen-bond donors (Lipinski definition) is 1. The van der Waals surface area contributed by atoms with Crippen LogP contribution in [0.25, 0.3) is 0 Å². The lowest BCUT2D eigenvalue weighted by Gasteiger charge is -2.29. The number of halogens is 1. The van der Waals surface area contributed by atoms with Gasteiger partial charge in [-0.1, -0.05) is 24.6 Å². The van der Waals surface area contributed by atoms with Crippen LogP contribution in [0.2, 0.25) is 5.02 Å². The van der Waals surface area contributed by atoms with Gasteiger partial charge < -0.3 is 5.32 Å². The Morgan fingerprint density at radius 2 is 2.00 bits per heavy atom. The van der Waals surface area contributed by atoms with Crippen LogP contribution in [0, 0.1) is 0 Å². The minimum absolute atomic E-state index is 0.0132. The molecule has 0 radical (unpaired) electrons. The molecule has 21 heavy (non-hydrogen) atoms. The summed E-state index contributed by atoms with van der Waals surface area (Å²) in [6.07, 6.45) is 1.84. The first-order valence-corrected chi connectivity index (χ1v) is 8.94. The molecule has 0 heterocycles. The summed E-state index contributed by atoms with van der Waals surface area (Å²) < 4.78 is 25.2. The predicted molar refractivity (Wildman–Crippen MR) is 86.1 cm³/mol. The number of benzene rings is 1. The number of anilines is 1. The minimum atomic E-state index is -3.61. The third kappa shape index (κ3) is 4.89. The van der Waals surface area contributed by atoms with Crippen LogP contribution in [0.4, 0.5) is 5.69 Å². The molecule has 7 heteroatoms. The Morgan fingerprint density at radius 1 is 1.38 bits per heavy atom. The Kier molecular flexibility index (Phi) is 6.04. The van der Waals surface area contributed by atoms with Gasteiger partial charge in [0.25, 0.3) is 0 Å². The van der Waals surface area contributed by atoms with Gasteiger partial charge in [-0.15, -0.1) is 0 Å². The van der Waals surface area contributed by atoms with Crippen molar-refractivity contribution in [2.75, 3.05) is 10.6 Å². The molecule has 0 spiro atoms. The monoisotopic (exact) mass is 332 g/mol. The molecule has 0 aliphatic carbocycles. The SMILES string of the molecule is CC[C@H](C)NC(=O)[C@H](C)N(c1cccc(Cl)c1)S(C)(=O)=O. The fourth-order valence-electron chi connectivity index (χ4n) is 1.89. The van der Waals surface area contributed by atoms with E-state index >= 15 is 0 Å². The Balaban J connectivity index is 3.13. The lowest BCUT2D eigenvalue weighted by molar-refractivity contribution is -0.122. The van der Waals surface area contributed by atoms with Gasteiger partial charge in [0.15, 0.2) is 0 Å². The molecule has 1 amide bonds.